The standard InChI is InChI=1S/C16H24N2O2/c1-3-10-20-16(19)14-11-13(17)7-8-15(14)18-9-5-4-6-12(18)2/h7-8,11-12H,3-6,9-10,17H2,1-2H3/t12-/m0/s1. The van der Waals surface area contributed by atoms with Gasteiger partial charge in [-0.05, 0) is 50.8 Å². The summed E-state index contributed by atoms with van der Waals surface area (Å²) < 4.78 is 5.28. The summed E-state index contributed by atoms with van der Waals surface area (Å²) in [6.07, 6.45) is 4.40. The Hall–Kier alpha value is -1.71. The Labute approximate surface area is 120 Å². The fourth-order valence-corrected chi connectivity index (χ4v) is 2.70. The van der Waals surface area contributed by atoms with E-state index < -0.39 is 0 Å². The molecule has 4 nitrogen and oxygen atoms in total. The summed E-state index contributed by atoms with van der Waals surface area (Å²) in [5, 5.41) is 0. The van der Waals surface area contributed by atoms with Crippen molar-refractivity contribution in [3.05, 3.63) is 23.8 Å². The van der Waals surface area contributed by atoms with E-state index in [-0.39, 0.29) is 5.97 Å². The predicted octanol–water partition coefficient (Wildman–Crippen LogP) is 3.21. The van der Waals surface area contributed by atoms with Crippen molar-refractivity contribution >= 4 is 17.3 Å². The number of nitrogens with two attached hydrogens (primary N) is 1. The number of nitrogen functional groups attached to an aromatic ring is 1. The molecule has 20 heavy (non-hydrogen) atoms. The van der Waals surface area contributed by atoms with Crippen molar-refractivity contribution < 1.29 is 9.53 Å². The second kappa shape index (κ2) is 6.64. The third kappa shape index (κ3) is 3.24. The van der Waals surface area contributed by atoms with E-state index in [1.54, 1.807) is 6.07 Å². The average Bonchev–Trinajstić information content (AvgIpc) is 2.45. The molecule has 4 heteroatoms. The van der Waals surface area contributed by atoms with Crippen LogP contribution in [-0.2, 0) is 4.74 Å². The maximum Gasteiger partial charge on any atom is 0.340 e. The zero-order chi connectivity index (χ0) is 14.5. The number of nitrogens with zero attached hydrogens (tertiary/aromatic N) is 1. The molecule has 0 unspecified atom stereocenters. The van der Waals surface area contributed by atoms with Crippen LogP contribution in [0, 0.1) is 0 Å². The number of hydrogen-bond acceptors (Lipinski definition) is 4. The zero-order valence-electron chi connectivity index (χ0n) is 12.4. The molecule has 1 heterocycles. The van der Waals surface area contributed by atoms with Crippen molar-refractivity contribution in [3.8, 4) is 0 Å². The molecular weight excluding hydrogens is 252 g/mol. The van der Waals surface area contributed by atoms with Gasteiger partial charge in [0.05, 0.1) is 17.9 Å². The number of hydrogen-bond donors (Lipinski definition) is 1. The van der Waals surface area contributed by atoms with E-state index in [9.17, 15) is 4.79 Å². The Bertz CT molecular complexity index is 474. The van der Waals surface area contributed by atoms with Crippen LogP contribution < -0.4 is 10.6 Å². The summed E-state index contributed by atoms with van der Waals surface area (Å²) >= 11 is 0. The molecule has 0 aromatic heterocycles. The molecular formula is C16H24N2O2. The van der Waals surface area contributed by atoms with Crippen LogP contribution in [0.4, 0.5) is 11.4 Å². The second-order valence-electron chi connectivity index (χ2n) is 5.45. The van der Waals surface area contributed by atoms with Crippen LogP contribution in [-0.4, -0.2) is 25.2 Å². The number of anilines is 2. The van der Waals surface area contributed by atoms with Gasteiger partial charge in [0.25, 0.3) is 0 Å². The van der Waals surface area contributed by atoms with E-state index in [0.29, 0.717) is 23.9 Å². The van der Waals surface area contributed by atoms with Gasteiger partial charge in [-0.3, -0.25) is 0 Å². The molecule has 0 spiro atoms. The van der Waals surface area contributed by atoms with E-state index in [2.05, 4.69) is 11.8 Å². The van der Waals surface area contributed by atoms with E-state index in [1.165, 1.54) is 6.42 Å². The molecule has 0 saturated carbocycles. The van der Waals surface area contributed by atoms with Crippen LogP contribution in [0.25, 0.3) is 0 Å². The highest BCUT2D eigenvalue weighted by Crippen LogP contribution is 2.29. The van der Waals surface area contributed by atoms with Gasteiger partial charge < -0.3 is 15.4 Å². The largest absolute Gasteiger partial charge is 0.462 e. The van der Waals surface area contributed by atoms with Crippen LogP contribution in [0.2, 0.25) is 0 Å². The predicted molar refractivity (Wildman–Crippen MR) is 82.1 cm³/mol. The number of rotatable bonds is 4. The summed E-state index contributed by atoms with van der Waals surface area (Å²) in [6, 6.07) is 5.98. The number of benzene rings is 1. The van der Waals surface area contributed by atoms with Crippen molar-refractivity contribution in [3.63, 3.8) is 0 Å². The quantitative estimate of drug-likeness (QED) is 0.677. The molecule has 1 fully saturated rings. The maximum absolute atomic E-state index is 12.2. The summed E-state index contributed by atoms with van der Waals surface area (Å²) in [5.41, 5.74) is 7.97. The summed E-state index contributed by atoms with van der Waals surface area (Å²) in [4.78, 5) is 14.5. The summed E-state index contributed by atoms with van der Waals surface area (Å²) in [5.74, 6) is -0.271. The Kier molecular flexibility index (Phi) is 4.88. The number of carbonyl (C=O) groups excluding carboxylic acids is 1. The van der Waals surface area contributed by atoms with E-state index in [1.807, 2.05) is 19.1 Å². The van der Waals surface area contributed by atoms with Crippen LogP contribution in [0.1, 0.15) is 49.9 Å². The molecule has 1 saturated heterocycles. The maximum atomic E-state index is 12.2. The Balaban J connectivity index is 2.29. The number of piperidine rings is 1. The highest BCUT2D eigenvalue weighted by Gasteiger charge is 2.24. The summed E-state index contributed by atoms with van der Waals surface area (Å²) in [6.45, 7) is 5.62. The first kappa shape index (κ1) is 14.7. The second-order valence-corrected chi connectivity index (χ2v) is 5.45. The lowest BCUT2D eigenvalue weighted by Gasteiger charge is -2.36. The number of esters is 1. The minimum atomic E-state index is -0.271. The van der Waals surface area contributed by atoms with Crippen molar-refractivity contribution in [1.29, 1.82) is 0 Å². The zero-order valence-corrected chi connectivity index (χ0v) is 12.4. The van der Waals surface area contributed by atoms with Gasteiger partial charge >= 0.3 is 5.97 Å². The molecule has 1 atom stereocenters. The molecule has 2 rings (SSSR count). The first-order valence-corrected chi connectivity index (χ1v) is 7.46. The highest BCUT2D eigenvalue weighted by atomic mass is 16.5. The van der Waals surface area contributed by atoms with Crippen LogP contribution >= 0.6 is 0 Å². The van der Waals surface area contributed by atoms with E-state index in [0.717, 1.165) is 31.5 Å². The Morgan fingerprint density at radius 3 is 2.95 bits per heavy atom. The molecule has 0 radical (unpaired) electrons. The average molecular weight is 276 g/mol. The van der Waals surface area contributed by atoms with E-state index in [4.69, 9.17) is 10.5 Å². The summed E-state index contributed by atoms with van der Waals surface area (Å²) in [7, 11) is 0. The van der Waals surface area contributed by atoms with Gasteiger partial charge in [-0.15, -0.1) is 0 Å². The highest BCUT2D eigenvalue weighted by molar-refractivity contribution is 5.97. The molecule has 1 aromatic carbocycles. The fraction of sp³-hybridized carbons (Fsp3) is 0.562. The fourth-order valence-electron chi connectivity index (χ4n) is 2.70. The molecule has 0 amide bonds. The lowest BCUT2D eigenvalue weighted by molar-refractivity contribution is 0.0505. The van der Waals surface area contributed by atoms with Crippen LogP contribution in [0.5, 0.6) is 0 Å². The van der Waals surface area contributed by atoms with Gasteiger partial charge in [0, 0.05) is 18.3 Å². The van der Waals surface area contributed by atoms with Crippen molar-refractivity contribution in [2.75, 3.05) is 23.8 Å². The van der Waals surface area contributed by atoms with Crippen LogP contribution in [0.15, 0.2) is 18.2 Å². The Morgan fingerprint density at radius 1 is 1.45 bits per heavy atom. The molecule has 0 bridgehead atoms. The van der Waals surface area contributed by atoms with Crippen molar-refractivity contribution in [2.24, 2.45) is 0 Å². The molecule has 2 N–H and O–H groups in total. The molecule has 1 aliphatic heterocycles. The van der Waals surface area contributed by atoms with Gasteiger partial charge in [-0.1, -0.05) is 6.92 Å². The first-order chi connectivity index (χ1) is 9.63. The molecule has 110 valence electrons. The first-order valence-electron chi connectivity index (χ1n) is 7.46. The van der Waals surface area contributed by atoms with E-state index >= 15 is 0 Å². The number of carbonyl (C=O) groups is 1. The molecule has 1 aliphatic rings. The molecule has 1 aromatic rings. The van der Waals surface area contributed by atoms with Gasteiger partial charge in [0.2, 0.25) is 0 Å². The SMILES string of the molecule is CCCOC(=O)c1cc(N)ccc1N1CCCC[C@@H]1C. The molecule has 0 aliphatic carbocycles. The topological polar surface area (TPSA) is 55.6 Å². The smallest absolute Gasteiger partial charge is 0.340 e. The lowest BCUT2D eigenvalue weighted by atomic mass is 10.0. The van der Waals surface area contributed by atoms with Gasteiger partial charge in [0.15, 0.2) is 0 Å². The van der Waals surface area contributed by atoms with Crippen LogP contribution in [0.3, 0.4) is 0 Å². The van der Waals surface area contributed by atoms with Gasteiger partial charge in [0.1, 0.15) is 0 Å². The lowest BCUT2D eigenvalue weighted by Crippen LogP contribution is -2.38. The van der Waals surface area contributed by atoms with Crippen molar-refractivity contribution in [1.82, 2.24) is 0 Å². The Morgan fingerprint density at radius 2 is 2.25 bits per heavy atom. The van der Waals surface area contributed by atoms with Crippen molar-refractivity contribution in [2.45, 2.75) is 45.6 Å². The normalized spacial score (nSPS) is 18.9. The minimum Gasteiger partial charge on any atom is -0.462 e. The monoisotopic (exact) mass is 276 g/mol. The third-order valence-corrected chi connectivity index (χ3v) is 3.79. The third-order valence-electron chi connectivity index (χ3n) is 3.79. The minimum absolute atomic E-state index is 0.271. The number of ether oxygens (including phenoxy) is 1. The van der Waals surface area contributed by atoms with Gasteiger partial charge in [-0.2, -0.15) is 0 Å². The van der Waals surface area contributed by atoms with Gasteiger partial charge in [-0.25, -0.2) is 4.79 Å².